The number of carbonyl (C=O) groups is 1. The second kappa shape index (κ2) is 9.17. The SMILES string of the molecule is COC(=O)CCNCc1cc(C2C=CC=NC2)nn1-c1ccc(Cl)c(Cl)c1. The normalized spacial score (nSPS) is 15.9. The predicted octanol–water partition coefficient (Wildman–Crippen LogP) is 3.56. The summed E-state index contributed by atoms with van der Waals surface area (Å²) in [5, 5.41) is 8.98. The number of nitrogens with zero attached hydrogens (tertiary/aromatic N) is 3. The van der Waals surface area contributed by atoms with Crippen molar-refractivity contribution in [1.29, 1.82) is 0 Å². The van der Waals surface area contributed by atoms with Gasteiger partial charge in [0.25, 0.3) is 0 Å². The van der Waals surface area contributed by atoms with Gasteiger partial charge in [-0.1, -0.05) is 29.3 Å². The highest BCUT2D eigenvalue weighted by atomic mass is 35.5. The molecule has 0 amide bonds. The van der Waals surface area contributed by atoms with Crippen molar-refractivity contribution in [3.8, 4) is 5.69 Å². The number of aliphatic imine (C=N–C) groups is 1. The molecular weight excluding hydrogens is 387 g/mol. The quantitative estimate of drug-likeness (QED) is 0.563. The molecule has 1 aliphatic heterocycles. The Labute approximate surface area is 167 Å². The van der Waals surface area contributed by atoms with Crippen LogP contribution in [-0.2, 0) is 16.1 Å². The average Bonchev–Trinajstić information content (AvgIpc) is 3.12. The first kappa shape index (κ1) is 19.6. The summed E-state index contributed by atoms with van der Waals surface area (Å²) in [7, 11) is 1.38. The first-order valence-electron chi connectivity index (χ1n) is 8.57. The third-order valence-electron chi connectivity index (χ3n) is 4.21. The molecule has 1 atom stereocenters. The van der Waals surface area contributed by atoms with Crippen LogP contribution in [0.25, 0.3) is 5.69 Å². The molecule has 0 saturated heterocycles. The number of esters is 1. The second-order valence-corrected chi connectivity index (χ2v) is 6.89. The van der Waals surface area contributed by atoms with Gasteiger partial charge in [0.05, 0.1) is 47.2 Å². The summed E-state index contributed by atoms with van der Waals surface area (Å²) in [6.07, 6.45) is 6.12. The molecule has 1 aromatic carbocycles. The Kier molecular flexibility index (Phi) is 6.66. The molecule has 1 N–H and O–H groups in total. The lowest BCUT2D eigenvalue weighted by molar-refractivity contribution is -0.140. The summed E-state index contributed by atoms with van der Waals surface area (Å²) >= 11 is 12.2. The number of nitrogens with one attached hydrogen (secondary N) is 1. The molecule has 1 aliphatic rings. The number of methoxy groups -OCH3 is 1. The third-order valence-corrected chi connectivity index (χ3v) is 4.95. The highest BCUT2D eigenvalue weighted by Gasteiger charge is 2.17. The summed E-state index contributed by atoms with van der Waals surface area (Å²) in [5.74, 6) is -0.112. The minimum atomic E-state index is -0.244. The van der Waals surface area contributed by atoms with Crippen molar-refractivity contribution in [2.24, 2.45) is 4.99 Å². The van der Waals surface area contributed by atoms with Gasteiger partial charge in [-0.3, -0.25) is 9.79 Å². The molecule has 8 heteroatoms. The third kappa shape index (κ3) is 4.97. The Hall–Kier alpha value is -2.15. The molecule has 142 valence electrons. The number of dihydropyridines is 1. The van der Waals surface area contributed by atoms with Crippen LogP contribution in [0.4, 0.5) is 0 Å². The molecule has 0 saturated carbocycles. The predicted molar refractivity (Wildman–Crippen MR) is 107 cm³/mol. The lowest BCUT2D eigenvalue weighted by Gasteiger charge is -2.10. The zero-order valence-electron chi connectivity index (χ0n) is 14.9. The number of aromatic nitrogens is 2. The van der Waals surface area contributed by atoms with Crippen LogP contribution in [-0.4, -0.2) is 42.2 Å². The van der Waals surface area contributed by atoms with Crippen molar-refractivity contribution in [1.82, 2.24) is 15.1 Å². The van der Waals surface area contributed by atoms with E-state index in [1.54, 1.807) is 18.3 Å². The Bertz CT molecular complexity index is 877. The number of halogens is 2. The zero-order chi connectivity index (χ0) is 19.2. The van der Waals surface area contributed by atoms with Gasteiger partial charge in [0.1, 0.15) is 0 Å². The monoisotopic (exact) mass is 406 g/mol. The van der Waals surface area contributed by atoms with Crippen LogP contribution in [0.2, 0.25) is 10.0 Å². The van der Waals surface area contributed by atoms with Crippen LogP contribution in [0.5, 0.6) is 0 Å². The molecule has 1 unspecified atom stereocenters. The van der Waals surface area contributed by atoms with Crippen LogP contribution in [0.15, 0.2) is 41.4 Å². The second-order valence-electron chi connectivity index (χ2n) is 6.08. The van der Waals surface area contributed by atoms with Crippen LogP contribution in [0, 0.1) is 0 Å². The van der Waals surface area contributed by atoms with Gasteiger partial charge in [-0.25, -0.2) is 4.68 Å². The summed E-state index contributed by atoms with van der Waals surface area (Å²) in [6.45, 7) is 1.73. The summed E-state index contributed by atoms with van der Waals surface area (Å²) < 4.78 is 6.50. The van der Waals surface area contributed by atoms with Gasteiger partial charge >= 0.3 is 5.97 Å². The van der Waals surface area contributed by atoms with Gasteiger partial charge in [-0.05, 0) is 30.3 Å². The molecule has 0 aliphatic carbocycles. The Balaban J connectivity index is 1.83. The maximum Gasteiger partial charge on any atom is 0.306 e. The molecule has 2 aromatic rings. The molecule has 0 spiro atoms. The van der Waals surface area contributed by atoms with E-state index in [9.17, 15) is 4.79 Å². The average molecular weight is 407 g/mol. The molecule has 1 aromatic heterocycles. The van der Waals surface area contributed by atoms with Crippen LogP contribution >= 0.6 is 23.2 Å². The van der Waals surface area contributed by atoms with E-state index in [1.807, 2.05) is 22.9 Å². The van der Waals surface area contributed by atoms with Gasteiger partial charge in [-0.15, -0.1) is 0 Å². The van der Waals surface area contributed by atoms with E-state index in [2.05, 4.69) is 21.1 Å². The first-order valence-corrected chi connectivity index (χ1v) is 9.32. The number of ether oxygens (including phenoxy) is 1. The highest BCUT2D eigenvalue weighted by Crippen LogP contribution is 2.27. The topological polar surface area (TPSA) is 68.5 Å². The van der Waals surface area contributed by atoms with Crippen molar-refractivity contribution < 1.29 is 9.53 Å². The number of carbonyl (C=O) groups excluding carboxylic acids is 1. The molecule has 0 radical (unpaired) electrons. The van der Waals surface area contributed by atoms with E-state index >= 15 is 0 Å². The number of rotatable bonds is 7. The van der Waals surface area contributed by atoms with Crippen molar-refractivity contribution in [2.45, 2.75) is 18.9 Å². The van der Waals surface area contributed by atoms with E-state index in [-0.39, 0.29) is 11.9 Å². The van der Waals surface area contributed by atoms with Crippen molar-refractivity contribution in [2.75, 3.05) is 20.2 Å². The molecule has 27 heavy (non-hydrogen) atoms. The van der Waals surface area contributed by atoms with E-state index in [4.69, 9.17) is 28.3 Å². The summed E-state index contributed by atoms with van der Waals surface area (Å²) in [6, 6.07) is 7.45. The van der Waals surface area contributed by atoms with Crippen LogP contribution in [0.1, 0.15) is 23.7 Å². The number of allylic oxidation sites excluding steroid dienone is 1. The minimum absolute atomic E-state index is 0.132. The minimum Gasteiger partial charge on any atom is -0.469 e. The smallest absolute Gasteiger partial charge is 0.306 e. The van der Waals surface area contributed by atoms with E-state index in [0.29, 0.717) is 36.1 Å². The fraction of sp³-hybridized carbons (Fsp3) is 0.316. The van der Waals surface area contributed by atoms with Crippen LogP contribution < -0.4 is 5.32 Å². The molecule has 3 rings (SSSR count). The van der Waals surface area contributed by atoms with Gasteiger partial charge in [-0.2, -0.15) is 5.10 Å². The summed E-state index contributed by atoms with van der Waals surface area (Å²) in [5.41, 5.74) is 2.71. The van der Waals surface area contributed by atoms with E-state index in [1.165, 1.54) is 7.11 Å². The first-order chi connectivity index (χ1) is 13.1. The maximum absolute atomic E-state index is 11.3. The van der Waals surface area contributed by atoms with Crippen molar-refractivity contribution in [3.63, 3.8) is 0 Å². The maximum atomic E-state index is 11.3. The molecular formula is C19H20Cl2N4O2. The van der Waals surface area contributed by atoms with Gasteiger partial charge in [0, 0.05) is 25.2 Å². The van der Waals surface area contributed by atoms with Gasteiger partial charge in [0.2, 0.25) is 0 Å². The molecule has 0 bridgehead atoms. The number of hydrogen-bond acceptors (Lipinski definition) is 5. The number of hydrogen-bond donors (Lipinski definition) is 1. The van der Waals surface area contributed by atoms with Crippen molar-refractivity contribution >= 4 is 35.4 Å². The Morgan fingerprint density at radius 1 is 1.33 bits per heavy atom. The largest absolute Gasteiger partial charge is 0.469 e. The fourth-order valence-electron chi connectivity index (χ4n) is 2.77. The van der Waals surface area contributed by atoms with E-state index < -0.39 is 0 Å². The molecule has 2 heterocycles. The fourth-order valence-corrected chi connectivity index (χ4v) is 3.06. The summed E-state index contributed by atoms with van der Waals surface area (Å²) in [4.78, 5) is 15.6. The van der Waals surface area contributed by atoms with Crippen molar-refractivity contribution in [3.05, 3.63) is 57.9 Å². The molecule has 0 fully saturated rings. The van der Waals surface area contributed by atoms with Crippen LogP contribution in [0.3, 0.4) is 0 Å². The Morgan fingerprint density at radius 2 is 2.19 bits per heavy atom. The van der Waals surface area contributed by atoms with Gasteiger partial charge < -0.3 is 10.1 Å². The van der Waals surface area contributed by atoms with Gasteiger partial charge in [0.15, 0.2) is 0 Å². The lowest BCUT2D eigenvalue weighted by Crippen LogP contribution is -2.20. The number of benzene rings is 1. The van der Waals surface area contributed by atoms with E-state index in [0.717, 1.165) is 17.1 Å². The Morgan fingerprint density at radius 3 is 2.89 bits per heavy atom. The molecule has 6 nitrogen and oxygen atoms in total. The lowest BCUT2D eigenvalue weighted by atomic mass is 10.0. The standard InChI is InChI=1S/C19H20Cl2N4O2/c1-27-19(26)6-8-23-12-15-10-18(13-3-2-7-22-11-13)24-25(15)14-4-5-16(20)17(21)9-14/h2-5,7,9-10,13,23H,6,8,11-12H2,1H3. The zero-order valence-corrected chi connectivity index (χ0v) is 16.4. The highest BCUT2D eigenvalue weighted by molar-refractivity contribution is 6.42.